The summed E-state index contributed by atoms with van der Waals surface area (Å²) in [4.78, 5) is 14.2. The number of nitrogens with one attached hydrogen (secondary N) is 2. The Morgan fingerprint density at radius 1 is 1.27 bits per heavy atom. The van der Waals surface area contributed by atoms with Crippen LogP contribution in [0, 0.1) is 0 Å². The minimum absolute atomic E-state index is 0. The highest BCUT2D eigenvalue weighted by atomic mass is 35.5. The minimum atomic E-state index is -0.311. The predicted octanol–water partition coefficient (Wildman–Crippen LogP) is 3.15. The summed E-state index contributed by atoms with van der Waals surface area (Å²) in [5.41, 5.74) is 0.502. The summed E-state index contributed by atoms with van der Waals surface area (Å²) in [6.07, 6.45) is 1.66. The number of hydrogen-bond acceptors (Lipinski definition) is 3. The van der Waals surface area contributed by atoms with Gasteiger partial charge in [-0.2, -0.15) is 0 Å². The molecule has 1 aromatic carbocycles. The zero-order valence-corrected chi connectivity index (χ0v) is 12.9. The predicted molar refractivity (Wildman–Crippen MR) is 88.7 cm³/mol. The number of amides is 2. The van der Waals surface area contributed by atoms with Crippen molar-refractivity contribution in [2.75, 3.05) is 19.6 Å². The molecule has 2 heterocycles. The molecule has 3 rings (SSSR count). The van der Waals surface area contributed by atoms with Crippen LogP contribution in [0.4, 0.5) is 4.79 Å². The molecule has 2 fully saturated rings. The van der Waals surface area contributed by atoms with Gasteiger partial charge in [-0.1, -0.05) is 30.6 Å². The summed E-state index contributed by atoms with van der Waals surface area (Å²) in [5.74, 6) is 0.0608. The number of hydrogen-bond donors (Lipinski definition) is 3. The van der Waals surface area contributed by atoms with Gasteiger partial charge in [0, 0.05) is 24.7 Å². The first-order valence-corrected chi connectivity index (χ1v) is 7.78. The highest BCUT2D eigenvalue weighted by molar-refractivity contribution is 6.42. The Balaban J connectivity index is 0.00000176. The van der Waals surface area contributed by atoms with E-state index in [0.29, 0.717) is 28.6 Å². The number of phenolic OH excluding ortho intramolecular Hbond substituents is 1. The van der Waals surface area contributed by atoms with Crippen LogP contribution in [0.25, 0.3) is 0 Å². The summed E-state index contributed by atoms with van der Waals surface area (Å²) >= 11 is 12.2. The van der Waals surface area contributed by atoms with Crippen molar-refractivity contribution in [3.05, 3.63) is 27.7 Å². The van der Waals surface area contributed by atoms with Crippen LogP contribution in [-0.2, 0) is 0 Å². The second-order valence-electron chi connectivity index (χ2n) is 5.42. The molecule has 2 aliphatic heterocycles. The van der Waals surface area contributed by atoms with Crippen molar-refractivity contribution < 1.29 is 9.90 Å². The second kappa shape index (κ2) is 6.94. The lowest BCUT2D eigenvalue weighted by Crippen LogP contribution is -2.52. The molecule has 0 saturated carbocycles. The molecule has 0 spiro atoms. The Bertz CT molecular complexity index is 562. The SMILES string of the molecule is C.O=C1NC(c2c(O)ccc(Cl)c2Cl)CCN1C1CCNC1. The molecule has 2 saturated heterocycles. The van der Waals surface area contributed by atoms with Gasteiger partial charge in [-0.25, -0.2) is 4.79 Å². The number of benzene rings is 1. The van der Waals surface area contributed by atoms with Crippen molar-refractivity contribution in [3.8, 4) is 5.75 Å². The van der Waals surface area contributed by atoms with Gasteiger partial charge in [0.05, 0.1) is 16.1 Å². The standard InChI is InChI=1S/C14H17Cl2N3O2.CH4/c15-9-1-2-11(20)12(13(9)16)10-4-6-19(14(21)18-10)8-3-5-17-7-8;/h1-2,8,10,17,20H,3-7H2,(H,18,21);1H4. The van der Waals surface area contributed by atoms with Crippen LogP contribution in [0.2, 0.25) is 10.0 Å². The molecule has 0 bridgehead atoms. The van der Waals surface area contributed by atoms with Gasteiger partial charge < -0.3 is 20.6 Å². The number of phenols is 1. The van der Waals surface area contributed by atoms with E-state index in [1.165, 1.54) is 6.07 Å². The zero-order chi connectivity index (χ0) is 15.0. The molecule has 7 heteroatoms. The quantitative estimate of drug-likeness (QED) is 0.771. The van der Waals surface area contributed by atoms with Crippen LogP contribution in [0.3, 0.4) is 0 Å². The van der Waals surface area contributed by atoms with Crippen LogP contribution in [-0.4, -0.2) is 41.7 Å². The van der Waals surface area contributed by atoms with Crippen molar-refractivity contribution in [1.82, 2.24) is 15.5 Å². The van der Waals surface area contributed by atoms with Gasteiger partial charge in [0.1, 0.15) is 5.75 Å². The maximum Gasteiger partial charge on any atom is 0.318 e. The van der Waals surface area contributed by atoms with Crippen molar-refractivity contribution in [3.63, 3.8) is 0 Å². The van der Waals surface area contributed by atoms with Crippen molar-refractivity contribution in [2.24, 2.45) is 0 Å². The number of carbonyl (C=O) groups excluding carboxylic acids is 1. The fourth-order valence-electron chi connectivity index (χ4n) is 3.03. The first kappa shape index (κ1) is 17.2. The summed E-state index contributed by atoms with van der Waals surface area (Å²) in [6.45, 7) is 2.42. The van der Waals surface area contributed by atoms with E-state index in [2.05, 4.69) is 10.6 Å². The largest absolute Gasteiger partial charge is 0.508 e. The maximum atomic E-state index is 12.3. The van der Waals surface area contributed by atoms with Crippen LogP contribution >= 0.6 is 23.2 Å². The minimum Gasteiger partial charge on any atom is -0.508 e. The average Bonchev–Trinajstić information content (AvgIpc) is 2.97. The molecule has 122 valence electrons. The number of carbonyl (C=O) groups is 1. The smallest absolute Gasteiger partial charge is 0.318 e. The van der Waals surface area contributed by atoms with E-state index in [0.717, 1.165) is 19.5 Å². The van der Waals surface area contributed by atoms with Crippen LogP contribution in [0.1, 0.15) is 31.9 Å². The van der Waals surface area contributed by atoms with Crippen LogP contribution < -0.4 is 10.6 Å². The fraction of sp³-hybridized carbons (Fsp3) is 0.533. The molecule has 2 unspecified atom stereocenters. The summed E-state index contributed by atoms with van der Waals surface area (Å²) in [7, 11) is 0. The van der Waals surface area contributed by atoms with E-state index in [9.17, 15) is 9.90 Å². The lowest BCUT2D eigenvalue weighted by atomic mass is 10.00. The first-order chi connectivity index (χ1) is 10.1. The molecule has 2 amide bonds. The van der Waals surface area contributed by atoms with E-state index >= 15 is 0 Å². The van der Waals surface area contributed by atoms with Gasteiger partial charge in [0.2, 0.25) is 0 Å². The third-order valence-electron chi connectivity index (χ3n) is 4.15. The molecule has 5 nitrogen and oxygen atoms in total. The average molecular weight is 346 g/mol. The van der Waals surface area contributed by atoms with E-state index in [1.54, 1.807) is 6.07 Å². The maximum absolute atomic E-state index is 12.3. The fourth-order valence-corrected chi connectivity index (χ4v) is 3.49. The zero-order valence-electron chi connectivity index (χ0n) is 11.4. The molecule has 0 aromatic heterocycles. The summed E-state index contributed by atoms with van der Waals surface area (Å²) in [5, 5.41) is 16.9. The van der Waals surface area contributed by atoms with Gasteiger partial charge in [-0.3, -0.25) is 0 Å². The van der Waals surface area contributed by atoms with Crippen molar-refractivity contribution >= 4 is 29.2 Å². The highest BCUT2D eigenvalue weighted by Crippen LogP contribution is 2.39. The lowest BCUT2D eigenvalue weighted by Gasteiger charge is -2.37. The molecule has 3 N–H and O–H groups in total. The third kappa shape index (κ3) is 3.12. The van der Waals surface area contributed by atoms with Gasteiger partial charge >= 0.3 is 6.03 Å². The lowest BCUT2D eigenvalue weighted by molar-refractivity contribution is 0.153. The van der Waals surface area contributed by atoms with Gasteiger partial charge in [-0.15, -0.1) is 0 Å². The molecular weight excluding hydrogens is 325 g/mol. The van der Waals surface area contributed by atoms with E-state index in [1.807, 2.05) is 4.90 Å². The number of urea groups is 1. The number of nitrogens with zero attached hydrogens (tertiary/aromatic N) is 1. The van der Waals surface area contributed by atoms with E-state index in [-0.39, 0.29) is 31.3 Å². The van der Waals surface area contributed by atoms with Gasteiger partial charge in [-0.05, 0) is 31.5 Å². The Hall–Kier alpha value is -1.17. The van der Waals surface area contributed by atoms with Gasteiger partial charge in [0.25, 0.3) is 0 Å². The molecule has 0 aliphatic carbocycles. The van der Waals surface area contributed by atoms with Crippen LogP contribution in [0.5, 0.6) is 5.75 Å². The normalized spacial score (nSPS) is 24.8. The summed E-state index contributed by atoms with van der Waals surface area (Å²) < 4.78 is 0. The van der Waals surface area contributed by atoms with Gasteiger partial charge in [0.15, 0.2) is 0 Å². The monoisotopic (exact) mass is 345 g/mol. The third-order valence-corrected chi connectivity index (χ3v) is 4.97. The van der Waals surface area contributed by atoms with Crippen LogP contribution in [0.15, 0.2) is 12.1 Å². The second-order valence-corrected chi connectivity index (χ2v) is 6.21. The Morgan fingerprint density at radius 2 is 2.05 bits per heavy atom. The van der Waals surface area contributed by atoms with Crippen molar-refractivity contribution in [1.29, 1.82) is 0 Å². The molecule has 2 atom stereocenters. The molecule has 2 aliphatic rings. The highest BCUT2D eigenvalue weighted by Gasteiger charge is 2.34. The molecular formula is C15H21Cl2N3O2. The Morgan fingerprint density at radius 3 is 2.68 bits per heavy atom. The summed E-state index contributed by atoms with van der Waals surface area (Å²) in [6, 6.07) is 2.87. The van der Waals surface area contributed by atoms with E-state index < -0.39 is 0 Å². The topological polar surface area (TPSA) is 64.6 Å². The molecule has 1 aromatic rings. The van der Waals surface area contributed by atoms with Crippen molar-refractivity contribution in [2.45, 2.75) is 32.4 Å². The Labute approximate surface area is 140 Å². The molecule has 22 heavy (non-hydrogen) atoms. The first-order valence-electron chi connectivity index (χ1n) is 7.02. The number of rotatable bonds is 2. The van der Waals surface area contributed by atoms with E-state index in [4.69, 9.17) is 23.2 Å². The molecule has 0 radical (unpaired) electrons. The number of aromatic hydroxyl groups is 1. The number of halogens is 2. The Kier molecular flexibility index (Phi) is 5.42.